The summed E-state index contributed by atoms with van der Waals surface area (Å²) in [6, 6.07) is 8.01. The number of halogens is 1. The van der Waals surface area contributed by atoms with Gasteiger partial charge in [-0.3, -0.25) is 9.89 Å². The van der Waals surface area contributed by atoms with E-state index < -0.39 is 0 Å². The number of hydrogen-bond donors (Lipinski definition) is 1. The molecule has 0 aliphatic heterocycles. The van der Waals surface area contributed by atoms with Gasteiger partial charge in [-0.1, -0.05) is 52.7 Å². The predicted octanol–water partition coefficient (Wildman–Crippen LogP) is 3.98. The first-order chi connectivity index (χ1) is 11.6. The Hall–Kier alpha value is -1.34. The van der Waals surface area contributed by atoms with Gasteiger partial charge in [-0.25, -0.2) is 4.98 Å². The first-order valence-corrected chi connectivity index (χ1v) is 9.93. The van der Waals surface area contributed by atoms with E-state index >= 15 is 0 Å². The van der Waals surface area contributed by atoms with Crippen LogP contribution in [-0.4, -0.2) is 38.8 Å². The van der Waals surface area contributed by atoms with Crippen molar-refractivity contribution in [3.05, 3.63) is 40.1 Å². The monoisotopic (exact) mass is 408 g/mol. The minimum absolute atomic E-state index is 0.0788. The molecule has 1 aromatic carbocycles. The first kappa shape index (κ1) is 17.5. The van der Waals surface area contributed by atoms with Gasteiger partial charge in [0.25, 0.3) is 0 Å². The van der Waals surface area contributed by atoms with Crippen LogP contribution in [0.5, 0.6) is 0 Å². The summed E-state index contributed by atoms with van der Waals surface area (Å²) in [6.07, 6.45) is 4.92. The van der Waals surface area contributed by atoms with E-state index in [0.29, 0.717) is 23.4 Å². The molecule has 1 N–H and O–H groups in total. The molecule has 1 saturated carbocycles. The number of thioether (sulfide) groups is 1. The number of nitrogens with zero attached hydrogens (tertiary/aromatic N) is 3. The number of rotatable bonds is 6. The van der Waals surface area contributed by atoms with E-state index in [9.17, 15) is 4.79 Å². The summed E-state index contributed by atoms with van der Waals surface area (Å²) in [6.45, 7) is 0.605. The van der Waals surface area contributed by atoms with E-state index in [1.165, 1.54) is 37.4 Å². The number of H-pyrrole nitrogens is 1. The van der Waals surface area contributed by atoms with Gasteiger partial charge in [-0.05, 0) is 30.5 Å². The molecule has 1 aliphatic carbocycles. The number of aromatic nitrogens is 3. The van der Waals surface area contributed by atoms with E-state index in [1.807, 2.05) is 31.3 Å². The molecule has 128 valence electrons. The molecule has 24 heavy (non-hydrogen) atoms. The Bertz CT molecular complexity index is 682. The Balaban J connectivity index is 1.48. The van der Waals surface area contributed by atoms with Crippen molar-refractivity contribution in [2.24, 2.45) is 0 Å². The van der Waals surface area contributed by atoms with Gasteiger partial charge in [0, 0.05) is 24.0 Å². The molecular formula is C17H21BrN4OS. The standard InChI is InChI=1S/C17H21BrN4OS/c1-22(10-12-6-8-14(18)9-7-12)15(23)11-24-17-19-16(20-21-17)13-4-2-3-5-13/h6-9,13H,2-5,10-11H2,1H3,(H,19,20,21). The Morgan fingerprint density at radius 3 is 2.75 bits per heavy atom. The Morgan fingerprint density at radius 2 is 2.04 bits per heavy atom. The van der Waals surface area contributed by atoms with Gasteiger partial charge in [0.05, 0.1) is 5.75 Å². The van der Waals surface area contributed by atoms with E-state index in [-0.39, 0.29) is 5.91 Å². The van der Waals surface area contributed by atoms with Gasteiger partial charge in [0.2, 0.25) is 11.1 Å². The van der Waals surface area contributed by atoms with Gasteiger partial charge < -0.3 is 4.90 Å². The van der Waals surface area contributed by atoms with Crippen LogP contribution in [0.2, 0.25) is 0 Å². The van der Waals surface area contributed by atoms with Gasteiger partial charge >= 0.3 is 0 Å². The van der Waals surface area contributed by atoms with E-state index in [2.05, 4.69) is 31.1 Å². The van der Waals surface area contributed by atoms with Crippen molar-refractivity contribution in [1.29, 1.82) is 0 Å². The lowest BCUT2D eigenvalue weighted by Gasteiger charge is -2.16. The van der Waals surface area contributed by atoms with Crippen molar-refractivity contribution < 1.29 is 4.79 Å². The molecular weight excluding hydrogens is 388 g/mol. The highest BCUT2D eigenvalue weighted by Crippen LogP contribution is 2.32. The maximum absolute atomic E-state index is 12.3. The average Bonchev–Trinajstić information content (AvgIpc) is 3.25. The van der Waals surface area contributed by atoms with Crippen LogP contribution >= 0.6 is 27.7 Å². The summed E-state index contributed by atoms with van der Waals surface area (Å²) in [7, 11) is 1.83. The number of amides is 1. The van der Waals surface area contributed by atoms with Crippen LogP contribution in [0.4, 0.5) is 0 Å². The second-order valence-corrected chi connectivity index (χ2v) is 8.01. The maximum Gasteiger partial charge on any atom is 0.233 e. The first-order valence-electron chi connectivity index (χ1n) is 8.15. The number of carbonyl (C=O) groups excluding carboxylic acids is 1. The summed E-state index contributed by atoms with van der Waals surface area (Å²) < 4.78 is 1.04. The lowest BCUT2D eigenvalue weighted by atomic mass is 10.1. The van der Waals surface area contributed by atoms with Crippen LogP contribution in [0.15, 0.2) is 33.9 Å². The summed E-state index contributed by atoms with van der Waals surface area (Å²) in [4.78, 5) is 18.6. The minimum atomic E-state index is 0.0788. The molecule has 0 bridgehead atoms. The third kappa shape index (κ3) is 4.60. The fourth-order valence-corrected chi connectivity index (χ4v) is 3.90. The Labute approximate surface area is 154 Å². The molecule has 0 saturated heterocycles. The van der Waals surface area contributed by atoms with Crippen molar-refractivity contribution >= 4 is 33.6 Å². The highest BCUT2D eigenvalue weighted by Gasteiger charge is 2.21. The number of benzene rings is 1. The predicted molar refractivity (Wildman–Crippen MR) is 98.9 cm³/mol. The topological polar surface area (TPSA) is 61.9 Å². The second-order valence-electron chi connectivity index (χ2n) is 6.15. The molecule has 0 atom stereocenters. The van der Waals surface area contributed by atoms with Crippen molar-refractivity contribution in [3.63, 3.8) is 0 Å². The highest BCUT2D eigenvalue weighted by molar-refractivity contribution is 9.10. The van der Waals surface area contributed by atoms with Gasteiger partial charge in [0.15, 0.2) is 0 Å². The lowest BCUT2D eigenvalue weighted by molar-refractivity contribution is -0.127. The fraction of sp³-hybridized carbons (Fsp3) is 0.471. The summed E-state index contributed by atoms with van der Waals surface area (Å²) in [5.41, 5.74) is 1.11. The van der Waals surface area contributed by atoms with Crippen LogP contribution in [0.3, 0.4) is 0 Å². The Kier molecular flexibility index (Phi) is 5.94. The number of hydrogen-bond acceptors (Lipinski definition) is 4. The van der Waals surface area contributed by atoms with Crippen molar-refractivity contribution in [1.82, 2.24) is 20.1 Å². The molecule has 1 heterocycles. The summed E-state index contributed by atoms with van der Waals surface area (Å²) >= 11 is 4.81. The number of nitrogens with one attached hydrogen (secondary N) is 1. The molecule has 0 radical (unpaired) electrons. The van der Waals surface area contributed by atoms with Gasteiger partial charge in [-0.15, -0.1) is 5.10 Å². The van der Waals surface area contributed by atoms with Crippen LogP contribution < -0.4 is 0 Å². The quantitative estimate of drug-likeness (QED) is 0.734. The smallest absolute Gasteiger partial charge is 0.233 e. The van der Waals surface area contributed by atoms with Crippen LogP contribution in [0.25, 0.3) is 0 Å². The van der Waals surface area contributed by atoms with Gasteiger partial charge in [-0.2, -0.15) is 0 Å². The SMILES string of the molecule is CN(Cc1ccc(Br)cc1)C(=O)CSc1n[nH]c(C2CCCC2)n1. The molecule has 1 fully saturated rings. The average molecular weight is 409 g/mol. The Morgan fingerprint density at radius 1 is 1.33 bits per heavy atom. The summed E-state index contributed by atoms with van der Waals surface area (Å²) in [5.74, 6) is 1.93. The van der Waals surface area contributed by atoms with E-state index in [4.69, 9.17) is 0 Å². The largest absolute Gasteiger partial charge is 0.341 e. The van der Waals surface area contributed by atoms with Crippen molar-refractivity contribution in [2.75, 3.05) is 12.8 Å². The minimum Gasteiger partial charge on any atom is -0.341 e. The third-order valence-corrected chi connectivity index (χ3v) is 5.67. The van der Waals surface area contributed by atoms with Crippen LogP contribution in [-0.2, 0) is 11.3 Å². The second kappa shape index (κ2) is 8.16. The maximum atomic E-state index is 12.3. The zero-order valence-electron chi connectivity index (χ0n) is 13.7. The summed E-state index contributed by atoms with van der Waals surface area (Å²) in [5, 5.41) is 7.94. The zero-order chi connectivity index (χ0) is 16.9. The molecule has 0 unspecified atom stereocenters. The molecule has 1 aromatic heterocycles. The molecule has 7 heteroatoms. The fourth-order valence-electron chi connectivity index (χ4n) is 2.89. The van der Waals surface area contributed by atoms with E-state index in [1.54, 1.807) is 4.90 Å². The molecule has 5 nitrogen and oxygen atoms in total. The van der Waals surface area contributed by atoms with E-state index in [0.717, 1.165) is 15.9 Å². The molecule has 1 aliphatic rings. The van der Waals surface area contributed by atoms with Crippen LogP contribution in [0, 0.1) is 0 Å². The van der Waals surface area contributed by atoms with Crippen molar-refractivity contribution in [3.8, 4) is 0 Å². The zero-order valence-corrected chi connectivity index (χ0v) is 16.1. The normalized spacial score (nSPS) is 14.9. The molecule has 1 amide bonds. The molecule has 0 spiro atoms. The van der Waals surface area contributed by atoms with Gasteiger partial charge in [0.1, 0.15) is 5.82 Å². The number of carbonyl (C=O) groups is 1. The van der Waals surface area contributed by atoms with Crippen molar-refractivity contribution in [2.45, 2.75) is 43.3 Å². The lowest BCUT2D eigenvalue weighted by Crippen LogP contribution is -2.27. The third-order valence-electron chi connectivity index (χ3n) is 4.31. The molecule has 3 rings (SSSR count). The molecule has 2 aromatic rings. The highest BCUT2D eigenvalue weighted by atomic mass is 79.9. The number of aromatic amines is 1. The van der Waals surface area contributed by atoms with Crippen LogP contribution in [0.1, 0.15) is 43.0 Å².